The highest BCUT2D eigenvalue weighted by Gasteiger charge is 2.35. The van der Waals surface area contributed by atoms with Gasteiger partial charge in [-0.25, -0.2) is 0 Å². The molecule has 2 atom stereocenters. The van der Waals surface area contributed by atoms with Crippen molar-refractivity contribution in [1.82, 2.24) is 0 Å². The molecular weight excluding hydrogens is 152 g/mol. The molecule has 0 amide bonds. The van der Waals surface area contributed by atoms with Crippen LogP contribution >= 0.6 is 0 Å². The molecule has 2 rings (SSSR count). The van der Waals surface area contributed by atoms with E-state index in [1.807, 2.05) is 18.2 Å². The lowest BCUT2D eigenvalue weighted by molar-refractivity contribution is 0.156. The lowest BCUT2D eigenvalue weighted by Crippen LogP contribution is -1.94. The van der Waals surface area contributed by atoms with Gasteiger partial charge in [-0.05, 0) is 18.4 Å². The average Bonchev–Trinajstić information content (AvgIpc) is 2.81. The summed E-state index contributed by atoms with van der Waals surface area (Å²) in [6.07, 6.45) is 1.51. The zero-order valence-corrected chi connectivity index (χ0v) is 6.81. The molecule has 1 aliphatic heterocycles. The lowest BCUT2D eigenvalue weighted by atomic mass is 10.1. The summed E-state index contributed by atoms with van der Waals surface area (Å²) in [5, 5.41) is 8.88. The van der Waals surface area contributed by atoms with Crippen LogP contribution < -0.4 is 0 Å². The monoisotopic (exact) mass is 164 g/mol. The first-order valence-corrected chi connectivity index (χ1v) is 4.24. The third kappa shape index (κ3) is 1.84. The van der Waals surface area contributed by atoms with E-state index in [1.165, 1.54) is 5.56 Å². The second kappa shape index (κ2) is 3.25. The summed E-state index contributed by atoms with van der Waals surface area (Å²) in [5.41, 5.74) is 1.31. The van der Waals surface area contributed by atoms with Crippen LogP contribution in [-0.4, -0.2) is 17.5 Å². The number of epoxide rings is 1. The normalized spacial score (nSPS) is 27.1. The van der Waals surface area contributed by atoms with E-state index in [0.717, 1.165) is 12.8 Å². The number of hydrogen-bond acceptors (Lipinski definition) is 2. The van der Waals surface area contributed by atoms with Crippen LogP contribution in [0.3, 0.4) is 0 Å². The van der Waals surface area contributed by atoms with E-state index < -0.39 is 6.29 Å². The molecule has 64 valence electrons. The van der Waals surface area contributed by atoms with Gasteiger partial charge in [0.25, 0.3) is 0 Å². The molecule has 0 saturated carbocycles. The van der Waals surface area contributed by atoms with E-state index in [-0.39, 0.29) is 6.10 Å². The van der Waals surface area contributed by atoms with Crippen LogP contribution in [0.15, 0.2) is 30.3 Å². The molecule has 2 unspecified atom stereocenters. The standard InChI is InChI=1S/C10H12O2/c11-10-9(12-10)7-6-8-4-2-1-3-5-8/h1-5,9-11H,6-7H2. The Morgan fingerprint density at radius 1 is 1.25 bits per heavy atom. The maximum atomic E-state index is 8.88. The molecule has 1 saturated heterocycles. The third-order valence-electron chi connectivity index (χ3n) is 2.12. The SMILES string of the molecule is OC1OC1CCc1ccccc1. The Morgan fingerprint density at radius 3 is 2.50 bits per heavy atom. The van der Waals surface area contributed by atoms with Crippen molar-refractivity contribution < 1.29 is 9.84 Å². The van der Waals surface area contributed by atoms with Crippen molar-refractivity contribution in [3.63, 3.8) is 0 Å². The van der Waals surface area contributed by atoms with Gasteiger partial charge >= 0.3 is 0 Å². The number of benzene rings is 1. The fraction of sp³-hybridized carbons (Fsp3) is 0.400. The summed E-state index contributed by atoms with van der Waals surface area (Å²) >= 11 is 0. The van der Waals surface area contributed by atoms with E-state index in [1.54, 1.807) is 0 Å². The van der Waals surface area contributed by atoms with Crippen molar-refractivity contribution in [3.05, 3.63) is 35.9 Å². The Morgan fingerprint density at radius 2 is 1.92 bits per heavy atom. The molecule has 12 heavy (non-hydrogen) atoms. The van der Waals surface area contributed by atoms with Crippen LogP contribution in [0.2, 0.25) is 0 Å². The molecule has 1 aliphatic rings. The predicted molar refractivity (Wildman–Crippen MR) is 45.6 cm³/mol. The summed E-state index contributed by atoms with van der Waals surface area (Å²) in [4.78, 5) is 0. The zero-order valence-electron chi connectivity index (χ0n) is 6.81. The first-order valence-electron chi connectivity index (χ1n) is 4.24. The van der Waals surface area contributed by atoms with Crippen molar-refractivity contribution in [2.24, 2.45) is 0 Å². The Hall–Kier alpha value is -0.860. The molecule has 0 aliphatic carbocycles. The minimum Gasteiger partial charge on any atom is -0.366 e. The van der Waals surface area contributed by atoms with Gasteiger partial charge in [-0.15, -0.1) is 0 Å². The van der Waals surface area contributed by atoms with Crippen LogP contribution in [0, 0.1) is 0 Å². The van der Waals surface area contributed by atoms with E-state index >= 15 is 0 Å². The van der Waals surface area contributed by atoms with E-state index in [0.29, 0.717) is 0 Å². The highest BCUT2D eigenvalue weighted by atomic mass is 16.7. The van der Waals surface area contributed by atoms with Gasteiger partial charge in [0.15, 0.2) is 6.29 Å². The van der Waals surface area contributed by atoms with Crippen LogP contribution in [0.5, 0.6) is 0 Å². The Labute approximate surface area is 71.8 Å². The van der Waals surface area contributed by atoms with Crippen LogP contribution in [0.25, 0.3) is 0 Å². The zero-order chi connectivity index (χ0) is 8.39. The van der Waals surface area contributed by atoms with Crippen molar-refractivity contribution in [2.75, 3.05) is 0 Å². The lowest BCUT2D eigenvalue weighted by Gasteiger charge is -1.96. The second-order valence-electron chi connectivity index (χ2n) is 3.09. The molecule has 0 bridgehead atoms. The molecule has 0 spiro atoms. The van der Waals surface area contributed by atoms with Gasteiger partial charge in [-0.2, -0.15) is 0 Å². The van der Waals surface area contributed by atoms with Crippen molar-refractivity contribution in [1.29, 1.82) is 0 Å². The van der Waals surface area contributed by atoms with Crippen LogP contribution in [0.1, 0.15) is 12.0 Å². The first-order chi connectivity index (χ1) is 5.86. The highest BCUT2D eigenvalue weighted by Crippen LogP contribution is 2.23. The number of aliphatic hydroxyl groups is 1. The highest BCUT2D eigenvalue weighted by molar-refractivity contribution is 5.14. The number of rotatable bonds is 3. The fourth-order valence-corrected chi connectivity index (χ4v) is 1.30. The van der Waals surface area contributed by atoms with Gasteiger partial charge in [0.05, 0.1) is 0 Å². The molecule has 1 heterocycles. The summed E-state index contributed by atoms with van der Waals surface area (Å²) in [5.74, 6) is 0. The summed E-state index contributed by atoms with van der Waals surface area (Å²) in [7, 11) is 0. The first kappa shape index (κ1) is 7.77. The minimum atomic E-state index is -0.492. The average molecular weight is 164 g/mol. The van der Waals surface area contributed by atoms with Crippen molar-refractivity contribution in [3.8, 4) is 0 Å². The van der Waals surface area contributed by atoms with E-state index in [2.05, 4.69) is 12.1 Å². The molecular formula is C10H12O2. The predicted octanol–water partition coefficient (Wildman–Crippen LogP) is 1.34. The fourth-order valence-electron chi connectivity index (χ4n) is 1.30. The summed E-state index contributed by atoms with van der Waals surface area (Å²) in [6, 6.07) is 10.2. The molecule has 0 aromatic heterocycles. The van der Waals surface area contributed by atoms with Crippen molar-refractivity contribution >= 4 is 0 Å². The number of ether oxygens (including phenoxy) is 1. The Balaban J connectivity index is 1.80. The smallest absolute Gasteiger partial charge is 0.181 e. The topological polar surface area (TPSA) is 32.8 Å². The van der Waals surface area contributed by atoms with Crippen molar-refractivity contribution in [2.45, 2.75) is 25.2 Å². The van der Waals surface area contributed by atoms with Gasteiger partial charge in [-0.3, -0.25) is 0 Å². The molecule has 2 nitrogen and oxygen atoms in total. The number of hydrogen-bond donors (Lipinski definition) is 1. The van der Waals surface area contributed by atoms with Gasteiger partial charge in [-0.1, -0.05) is 30.3 Å². The minimum absolute atomic E-state index is 0.0882. The van der Waals surface area contributed by atoms with E-state index in [4.69, 9.17) is 9.84 Å². The largest absolute Gasteiger partial charge is 0.366 e. The molecule has 1 fully saturated rings. The quantitative estimate of drug-likeness (QED) is 0.684. The van der Waals surface area contributed by atoms with Gasteiger partial charge in [0.1, 0.15) is 6.10 Å². The second-order valence-corrected chi connectivity index (χ2v) is 3.09. The number of aliphatic hydroxyl groups excluding tert-OH is 1. The van der Waals surface area contributed by atoms with Crippen LogP contribution in [-0.2, 0) is 11.2 Å². The summed E-state index contributed by atoms with van der Waals surface area (Å²) < 4.78 is 4.89. The molecule has 1 aromatic carbocycles. The molecule has 1 N–H and O–H groups in total. The van der Waals surface area contributed by atoms with E-state index in [9.17, 15) is 0 Å². The van der Waals surface area contributed by atoms with Gasteiger partial charge < -0.3 is 9.84 Å². The molecule has 0 radical (unpaired) electrons. The third-order valence-corrected chi connectivity index (χ3v) is 2.12. The van der Waals surface area contributed by atoms with Crippen LogP contribution in [0.4, 0.5) is 0 Å². The number of aryl methyl sites for hydroxylation is 1. The maximum absolute atomic E-state index is 8.88. The Kier molecular flexibility index (Phi) is 2.11. The maximum Gasteiger partial charge on any atom is 0.181 e. The van der Waals surface area contributed by atoms with Gasteiger partial charge in [0.2, 0.25) is 0 Å². The Bertz CT molecular complexity index is 245. The van der Waals surface area contributed by atoms with Gasteiger partial charge in [0, 0.05) is 0 Å². The molecule has 1 aromatic rings. The summed E-state index contributed by atoms with van der Waals surface area (Å²) in [6.45, 7) is 0. The molecule has 2 heteroatoms.